The smallest absolute Gasteiger partial charge is 0.376 e. The van der Waals surface area contributed by atoms with Crippen molar-refractivity contribution in [3.8, 4) is 0 Å². The number of fused-ring (bicyclic) bond motifs is 1. The summed E-state index contributed by atoms with van der Waals surface area (Å²) in [6, 6.07) is 0. The van der Waals surface area contributed by atoms with E-state index in [0.29, 0.717) is 22.4 Å². The van der Waals surface area contributed by atoms with E-state index in [1.165, 1.54) is 6.33 Å². The summed E-state index contributed by atoms with van der Waals surface area (Å²) in [5, 5.41) is 0. The summed E-state index contributed by atoms with van der Waals surface area (Å²) in [6.45, 7) is 2.01. The Balaban J connectivity index is 2.49. The van der Waals surface area contributed by atoms with Crippen molar-refractivity contribution in [2.45, 2.75) is 6.92 Å². The Bertz CT molecular complexity index is 510. The number of halogens is 1. The van der Waals surface area contributed by atoms with E-state index in [-0.39, 0.29) is 5.82 Å². The van der Waals surface area contributed by atoms with Crippen LogP contribution >= 0.6 is 15.9 Å². The number of rotatable bonds is 2. The Hall–Kier alpha value is -1.50. The molecule has 0 aliphatic heterocycles. The molecule has 2 aromatic rings. The van der Waals surface area contributed by atoms with Crippen LogP contribution in [0.25, 0.3) is 11.2 Å². The number of aromatic nitrogens is 4. The van der Waals surface area contributed by atoms with Gasteiger partial charge in [0.25, 0.3) is 0 Å². The lowest BCUT2D eigenvalue weighted by Crippen LogP contribution is -2.10. The molecule has 0 aliphatic carbocycles. The van der Waals surface area contributed by atoms with E-state index in [2.05, 4.69) is 35.9 Å². The highest BCUT2D eigenvalue weighted by Crippen LogP contribution is 2.17. The molecule has 0 saturated heterocycles. The molecule has 0 saturated carbocycles. The third kappa shape index (κ3) is 1.82. The van der Waals surface area contributed by atoms with Crippen molar-refractivity contribution in [2.24, 2.45) is 0 Å². The minimum absolute atomic E-state index is 0.00308. The van der Waals surface area contributed by atoms with Crippen molar-refractivity contribution in [1.82, 2.24) is 19.9 Å². The first-order chi connectivity index (χ1) is 7.22. The van der Waals surface area contributed by atoms with Gasteiger partial charge in [-0.3, -0.25) is 0 Å². The quantitative estimate of drug-likeness (QED) is 0.657. The Labute approximate surface area is 93.2 Å². The molecule has 1 N–H and O–H groups in total. The van der Waals surface area contributed by atoms with Crippen LogP contribution in [0.1, 0.15) is 17.5 Å². The van der Waals surface area contributed by atoms with Crippen LogP contribution in [0, 0.1) is 0 Å². The molecule has 2 aromatic heterocycles. The second-order valence-corrected chi connectivity index (χ2v) is 3.41. The predicted octanol–water partition coefficient (Wildman–Crippen LogP) is 1.29. The van der Waals surface area contributed by atoms with Crippen LogP contribution in [0.5, 0.6) is 0 Å². The van der Waals surface area contributed by atoms with Crippen LogP contribution in [-0.4, -0.2) is 32.5 Å². The molecule has 0 unspecified atom stereocenters. The molecule has 0 aromatic carbocycles. The fourth-order valence-electron chi connectivity index (χ4n) is 1.08. The molecule has 2 rings (SSSR count). The SMILES string of the molecule is CCOC(=O)c1nc(Br)c2[nH]cnc2n1. The minimum atomic E-state index is -0.553. The van der Waals surface area contributed by atoms with Crippen LogP contribution < -0.4 is 0 Å². The maximum atomic E-state index is 11.4. The summed E-state index contributed by atoms with van der Waals surface area (Å²) in [4.78, 5) is 26.1. The van der Waals surface area contributed by atoms with Gasteiger partial charge in [-0.2, -0.15) is 0 Å². The van der Waals surface area contributed by atoms with Gasteiger partial charge in [0.1, 0.15) is 10.1 Å². The number of hydrogen-bond acceptors (Lipinski definition) is 5. The number of carbonyl (C=O) groups is 1. The average Bonchev–Trinajstić information content (AvgIpc) is 2.66. The Kier molecular flexibility index (Phi) is 2.63. The van der Waals surface area contributed by atoms with Gasteiger partial charge in [-0.05, 0) is 22.9 Å². The summed E-state index contributed by atoms with van der Waals surface area (Å²) >= 11 is 3.22. The first-order valence-electron chi connectivity index (χ1n) is 4.26. The summed E-state index contributed by atoms with van der Waals surface area (Å²) in [5.41, 5.74) is 1.09. The summed E-state index contributed by atoms with van der Waals surface area (Å²) in [7, 11) is 0. The van der Waals surface area contributed by atoms with Crippen molar-refractivity contribution in [3.05, 3.63) is 16.8 Å². The largest absolute Gasteiger partial charge is 0.460 e. The van der Waals surface area contributed by atoms with Crippen molar-refractivity contribution in [1.29, 1.82) is 0 Å². The molecule has 7 heteroatoms. The Morgan fingerprint density at radius 1 is 1.60 bits per heavy atom. The maximum Gasteiger partial charge on any atom is 0.376 e. The molecule has 0 atom stereocenters. The Morgan fingerprint density at radius 3 is 3.13 bits per heavy atom. The molecule has 0 aliphatic rings. The van der Waals surface area contributed by atoms with Gasteiger partial charge in [0.2, 0.25) is 5.82 Å². The van der Waals surface area contributed by atoms with E-state index < -0.39 is 5.97 Å². The lowest BCUT2D eigenvalue weighted by Gasteiger charge is -2.00. The zero-order valence-electron chi connectivity index (χ0n) is 7.82. The normalized spacial score (nSPS) is 10.5. The number of imidazole rings is 1. The highest BCUT2D eigenvalue weighted by atomic mass is 79.9. The maximum absolute atomic E-state index is 11.4. The van der Waals surface area contributed by atoms with Crippen molar-refractivity contribution in [2.75, 3.05) is 6.61 Å². The first kappa shape index (κ1) is 10.0. The van der Waals surface area contributed by atoms with Gasteiger partial charge in [0.05, 0.1) is 12.9 Å². The van der Waals surface area contributed by atoms with E-state index in [1.807, 2.05) is 0 Å². The van der Waals surface area contributed by atoms with Gasteiger partial charge in [-0.25, -0.2) is 19.7 Å². The fourth-order valence-corrected chi connectivity index (χ4v) is 1.54. The average molecular weight is 271 g/mol. The van der Waals surface area contributed by atoms with E-state index >= 15 is 0 Å². The second-order valence-electron chi connectivity index (χ2n) is 2.66. The van der Waals surface area contributed by atoms with Crippen LogP contribution in [0.4, 0.5) is 0 Å². The molecule has 6 nitrogen and oxygen atoms in total. The summed E-state index contributed by atoms with van der Waals surface area (Å²) in [6.07, 6.45) is 1.49. The predicted molar refractivity (Wildman–Crippen MR) is 55.3 cm³/mol. The molecule has 0 fully saturated rings. The lowest BCUT2D eigenvalue weighted by molar-refractivity contribution is 0.0512. The third-order valence-corrected chi connectivity index (χ3v) is 2.27. The van der Waals surface area contributed by atoms with Gasteiger partial charge in [0, 0.05) is 0 Å². The first-order valence-corrected chi connectivity index (χ1v) is 5.05. The zero-order valence-corrected chi connectivity index (χ0v) is 9.41. The molecule has 0 spiro atoms. The standard InChI is InChI=1S/C8H7BrN4O2/c1-2-15-8(14)7-12-5(9)4-6(13-7)11-3-10-4/h3H,2H2,1H3,(H,10,11,12,13). The van der Waals surface area contributed by atoms with E-state index in [9.17, 15) is 4.79 Å². The van der Waals surface area contributed by atoms with Crippen LogP contribution in [0.2, 0.25) is 0 Å². The molecular weight excluding hydrogens is 264 g/mol. The third-order valence-electron chi connectivity index (χ3n) is 1.70. The number of carbonyl (C=O) groups excluding carboxylic acids is 1. The number of ether oxygens (including phenoxy) is 1. The van der Waals surface area contributed by atoms with Gasteiger partial charge < -0.3 is 9.72 Å². The summed E-state index contributed by atoms with van der Waals surface area (Å²) < 4.78 is 5.28. The zero-order chi connectivity index (χ0) is 10.8. The molecular formula is C8H7BrN4O2. The van der Waals surface area contributed by atoms with Crippen molar-refractivity contribution < 1.29 is 9.53 Å². The van der Waals surface area contributed by atoms with Gasteiger partial charge in [0.15, 0.2) is 5.65 Å². The van der Waals surface area contributed by atoms with Crippen LogP contribution in [-0.2, 0) is 4.74 Å². The summed E-state index contributed by atoms with van der Waals surface area (Å²) in [5.74, 6) is -0.550. The van der Waals surface area contributed by atoms with Crippen LogP contribution in [0.3, 0.4) is 0 Å². The van der Waals surface area contributed by atoms with Crippen molar-refractivity contribution >= 4 is 33.1 Å². The monoisotopic (exact) mass is 270 g/mol. The number of aromatic amines is 1. The lowest BCUT2D eigenvalue weighted by atomic mass is 10.5. The van der Waals surface area contributed by atoms with E-state index in [1.54, 1.807) is 6.92 Å². The number of esters is 1. The Morgan fingerprint density at radius 2 is 2.40 bits per heavy atom. The topological polar surface area (TPSA) is 80.8 Å². The van der Waals surface area contributed by atoms with Gasteiger partial charge in [-0.15, -0.1) is 0 Å². The fraction of sp³-hybridized carbons (Fsp3) is 0.250. The minimum Gasteiger partial charge on any atom is -0.460 e. The second kappa shape index (κ2) is 3.93. The van der Waals surface area contributed by atoms with Crippen LogP contribution in [0.15, 0.2) is 10.9 Å². The molecule has 2 heterocycles. The molecule has 78 valence electrons. The van der Waals surface area contributed by atoms with Gasteiger partial charge >= 0.3 is 5.97 Å². The van der Waals surface area contributed by atoms with E-state index in [4.69, 9.17) is 4.74 Å². The highest BCUT2D eigenvalue weighted by Gasteiger charge is 2.14. The van der Waals surface area contributed by atoms with Crippen molar-refractivity contribution in [3.63, 3.8) is 0 Å². The molecule has 15 heavy (non-hydrogen) atoms. The number of H-pyrrole nitrogens is 1. The van der Waals surface area contributed by atoms with E-state index in [0.717, 1.165) is 0 Å². The number of hydrogen-bond donors (Lipinski definition) is 1. The highest BCUT2D eigenvalue weighted by molar-refractivity contribution is 9.10. The molecule has 0 radical (unpaired) electrons. The number of nitrogens with one attached hydrogen (secondary N) is 1. The van der Waals surface area contributed by atoms with Gasteiger partial charge in [-0.1, -0.05) is 0 Å². The molecule has 0 amide bonds. The number of nitrogens with zero attached hydrogens (tertiary/aromatic N) is 3. The molecule has 0 bridgehead atoms.